The minimum absolute atomic E-state index is 0.202. The summed E-state index contributed by atoms with van der Waals surface area (Å²) in [5, 5.41) is 11.9. The molecule has 0 N–H and O–H groups in total. The van der Waals surface area contributed by atoms with E-state index in [1.54, 1.807) is 11.3 Å². The van der Waals surface area contributed by atoms with Gasteiger partial charge in [-0.05, 0) is 42.7 Å². The molecule has 2 fully saturated rings. The van der Waals surface area contributed by atoms with E-state index in [1.807, 2.05) is 6.07 Å². The molecule has 1 saturated carbocycles. The van der Waals surface area contributed by atoms with Gasteiger partial charge < -0.3 is 9.47 Å². The fourth-order valence-corrected chi connectivity index (χ4v) is 5.72. The zero-order chi connectivity index (χ0) is 19.6. The van der Waals surface area contributed by atoms with E-state index in [4.69, 9.17) is 0 Å². The number of hydrogen-bond acceptors (Lipinski definition) is 5. The van der Waals surface area contributed by atoms with Gasteiger partial charge in [-0.25, -0.2) is 0 Å². The molecule has 1 aliphatic heterocycles. The molecule has 0 bridgehead atoms. The highest BCUT2D eigenvalue weighted by atomic mass is 32.2. The van der Waals surface area contributed by atoms with Gasteiger partial charge in [-0.3, -0.25) is 4.79 Å². The first-order valence-electron chi connectivity index (χ1n) is 10.2. The lowest BCUT2D eigenvalue weighted by Crippen LogP contribution is -2.31. The second-order valence-corrected chi connectivity index (χ2v) is 9.66. The van der Waals surface area contributed by atoms with E-state index < -0.39 is 0 Å². The molecular weight excluding hydrogens is 400 g/mol. The number of hydrogen-bond donors (Lipinski definition) is 0. The third-order valence-corrected chi connectivity index (χ3v) is 7.57. The first kappa shape index (κ1) is 18.9. The maximum absolute atomic E-state index is 13.0. The number of carbonyl (C=O) groups excluding carboxylic acids is 1. The van der Waals surface area contributed by atoms with Crippen molar-refractivity contribution < 1.29 is 4.79 Å². The van der Waals surface area contributed by atoms with Crippen molar-refractivity contribution in [2.75, 3.05) is 12.3 Å². The molecule has 29 heavy (non-hydrogen) atoms. The Morgan fingerprint density at radius 3 is 2.72 bits per heavy atom. The smallest absolute Gasteiger partial charge is 0.233 e. The number of aromatic nitrogens is 3. The average Bonchev–Trinajstić information content (AvgIpc) is 3.15. The van der Waals surface area contributed by atoms with Gasteiger partial charge in [0.15, 0.2) is 5.16 Å². The molecule has 5 rings (SSSR count). The standard InChI is InChI=1S/C22H24N4OS2/c27-20(25-12-4-8-18(25)19-9-5-13-28-19)15-29-22-24-23-21(17-10-11-17)26(22)14-16-6-2-1-3-7-16/h1-3,5-7,9,13,17-18H,4,8,10-12,14-15H2/t18-/m0/s1. The van der Waals surface area contributed by atoms with Crippen LogP contribution in [0.5, 0.6) is 0 Å². The minimum atomic E-state index is 0.202. The lowest BCUT2D eigenvalue weighted by molar-refractivity contribution is -0.129. The van der Waals surface area contributed by atoms with Crippen molar-refractivity contribution in [1.82, 2.24) is 19.7 Å². The number of amides is 1. The van der Waals surface area contributed by atoms with Crippen molar-refractivity contribution in [2.45, 2.75) is 49.3 Å². The lowest BCUT2D eigenvalue weighted by atomic mass is 10.2. The molecule has 1 atom stereocenters. The van der Waals surface area contributed by atoms with Gasteiger partial charge in [-0.1, -0.05) is 48.2 Å². The van der Waals surface area contributed by atoms with Gasteiger partial charge in [0.2, 0.25) is 5.91 Å². The van der Waals surface area contributed by atoms with E-state index in [1.165, 1.54) is 35.0 Å². The zero-order valence-corrected chi connectivity index (χ0v) is 17.9. The highest BCUT2D eigenvalue weighted by Crippen LogP contribution is 2.40. The van der Waals surface area contributed by atoms with Gasteiger partial charge in [0, 0.05) is 17.3 Å². The number of thiophene rings is 1. The molecule has 5 nitrogen and oxygen atoms in total. The average molecular weight is 425 g/mol. The van der Waals surface area contributed by atoms with Gasteiger partial charge in [0.1, 0.15) is 5.82 Å². The molecule has 0 unspecified atom stereocenters. The van der Waals surface area contributed by atoms with Crippen LogP contribution in [0.15, 0.2) is 53.0 Å². The van der Waals surface area contributed by atoms with Crippen LogP contribution in [0.25, 0.3) is 0 Å². The van der Waals surface area contributed by atoms with E-state index in [9.17, 15) is 4.79 Å². The molecule has 3 heterocycles. The Hall–Kier alpha value is -2.12. The highest BCUT2D eigenvalue weighted by molar-refractivity contribution is 7.99. The SMILES string of the molecule is O=C(CSc1nnc(C2CC2)n1Cc1ccccc1)N1CCC[C@H]1c1cccs1. The molecule has 2 aliphatic rings. The van der Waals surface area contributed by atoms with Crippen LogP contribution in [0.4, 0.5) is 0 Å². The minimum Gasteiger partial charge on any atom is -0.334 e. The Balaban J connectivity index is 1.30. The molecule has 7 heteroatoms. The van der Waals surface area contributed by atoms with Crippen LogP contribution in [-0.2, 0) is 11.3 Å². The van der Waals surface area contributed by atoms with Crippen LogP contribution in [0.3, 0.4) is 0 Å². The maximum atomic E-state index is 13.0. The first-order chi connectivity index (χ1) is 14.3. The normalized spacial score (nSPS) is 19.0. The summed E-state index contributed by atoms with van der Waals surface area (Å²) in [7, 11) is 0. The molecule has 0 radical (unpaired) electrons. The summed E-state index contributed by atoms with van der Waals surface area (Å²) < 4.78 is 2.21. The molecule has 150 valence electrons. The number of benzene rings is 1. The quantitative estimate of drug-likeness (QED) is 0.515. The Morgan fingerprint density at radius 2 is 1.97 bits per heavy atom. The first-order valence-corrected chi connectivity index (χ1v) is 12.1. The summed E-state index contributed by atoms with van der Waals surface area (Å²) in [5.74, 6) is 2.21. The van der Waals surface area contributed by atoms with Crippen LogP contribution >= 0.6 is 23.1 Å². The summed E-state index contributed by atoms with van der Waals surface area (Å²) in [5.41, 5.74) is 1.24. The van der Waals surface area contributed by atoms with Crippen molar-refractivity contribution in [3.63, 3.8) is 0 Å². The van der Waals surface area contributed by atoms with Crippen molar-refractivity contribution in [3.05, 3.63) is 64.1 Å². The monoisotopic (exact) mass is 424 g/mol. The van der Waals surface area contributed by atoms with E-state index in [2.05, 4.69) is 61.4 Å². The molecule has 0 spiro atoms. The fraction of sp³-hybridized carbons (Fsp3) is 0.409. The molecule has 1 saturated heterocycles. The second-order valence-electron chi connectivity index (χ2n) is 7.74. The van der Waals surface area contributed by atoms with E-state index in [0.29, 0.717) is 11.7 Å². The predicted octanol–water partition coefficient (Wildman–Crippen LogP) is 4.72. The largest absolute Gasteiger partial charge is 0.334 e. The summed E-state index contributed by atoms with van der Waals surface area (Å²) in [6, 6.07) is 14.9. The fourth-order valence-electron chi connectivity index (χ4n) is 4.02. The molecule has 1 amide bonds. The maximum Gasteiger partial charge on any atom is 0.233 e. The lowest BCUT2D eigenvalue weighted by Gasteiger charge is -2.23. The summed E-state index contributed by atoms with van der Waals surface area (Å²) in [6.07, 6.45) is 4.52. The number of likely N-dealkylation sites (tertiary alicyclic amines) is 1. The third-order valence-electron chi connectivity index (χ3n) is 5.64. The van der Waals surface area contributed by atoms with Crippen LogP contribution in [-0.4, -0.2) is 37.9 Å². The highest BCUT2D eigenvalue weighted by Gasteiger charge is 2.32. The number of carbonyl (C=O) groups is 1. The summed E-state index contributed by atoms with van der Waals surface area (Å²) >= 11 is 3.27. The Kier molecular flexibility index (Phi) is 5.42. The van der Waals surface area contributed by atoms with E-state index in [-0.39, 0.29) is 11.9 Å². The predicted molar refractivity (Wildman–Crippen MR) is 116 cm³/mol. The molecular formula is C22H24N4OS2. The van der Waals surface area contributed by atoms with Crippen LogP contribution in [0, 0.1) is 0 Å². The summed E-state index contributed by atoms with van der Waals surface area (Å²) in [6.45, 7) is 1.61. The van der Waals surface area contributed by atoms with Gasteiger partial charge in [-0.2, -0.15) is 0 Å². The number of rotatable bonds is 7. The molecule has 3 aromatic rings. The second kappa shape index (κ2) is 8.32. The third kappa shape index (κ3) is 4.12. The van der Waals surface area contributed by atoms with Gasteiger partial charge in [0.05, 0.1) is 18.3 Å². The van der Waals surface area contributed by atoms with Crippen molar-refractivity contribution in [1.29, 1.82) is 0 Å². The van der Waals surface area contributed by atoms with Gasteiger partial charge in [0.25, 0.3) is 0 Å². The van der Waals surface area contributed by atoms with E-state index in [0.717, 1.165) is 36.9 Å². The molecule has 1 aromatic carbocycles. The van der Waals surface area contributed by atoms with Crippen molar-refractivity contribution >= 4 is 29.0 Å². The van der Waals surface area contributed by atoms with Gasteiger partial charge >= 0.3 is 0 Å². The topological polar surface area (TPSA) is 51.0 Å². The number of thioether (sulfide) groups is 1. The van der Waals surface area contributed by atoms with Crippen molar-refractivity contribution in [3.8, 4) is 0 Å². The van der Waals surface area contributed by atoms with Crippen molar-refractivity contribution in [2.24, 2.45) is 0 Å². The Bertz CT molecular complexity index is 966. The summed E-state index contributed by atoms with van der Waals surface area (Å²) in [4.78, 5) is 16.3. The Labute approximate surface area is 179 Å². The van der Waals surface area contributed by atoms with Crippen LogP contribution in [0.1, 0.15) is 53.9 Å². The van der Waals surface area contributed by atoms with E-state index >= 15 is 0 Å². The molecule has 1 aliphatic carbocycles. The zero-order valence-electron chi connectivity index (χ0n) is 16.2. The van der Waals surface area contributed by atoms with Gasteiger partial charge in [-0.15, -0.1) is 21.5 Å². The van der Waals surface area contributed by atoms with Crippen LogP contribution in [0.2, 0.25) is 0 Å². The Morgan fingerprint density at radius 1 is 1.10 bits per heavy atom. The number of nitrogens with zero attached hydrogens (tertiary/aromatic N) is 4. The molecule has 2 aromatic heterocycles. The van der Waals surface area contributed by atoms with Crippen LogP contribution < -0.4 is 0 Å².